The lowest BCUT2D eigenvalue weighted by atomic mass is 9.81. The molecule has 2 aromatic rings. The number of hydrogen-bond donors (Lipinski definition) is 2. The molecular formula is C54H81N7O12. The third-order valence-electron chi connectivity index (χ3n) is 12.7. The number of benzene rings is 2. The Kier molecular flexibility index (Phi) is 21.2. The zero-order valence-electron chi connectivity index (χ0n) is 44.7. The minimum absolute atomic E-state index is 0.0967. The molecule has 3 aliphatic heterocycles. The molecule has 3 fully saturated rings. The summed E-state index contributed by atoms with van der Waals surface area (Å²) in [5, 5.41) is 6.77. The van der Waals surface area contributed by atoms with Gasteiger partial charge in [-0.05, 0) is 92.7 Å². The Morgan fingerprint density at radius 3 is 1.11 bits per heavy atom. The van der Waals surface area contributed by atoms with Gasteiger partial charge in [0.1, 0.15) is 42.1 Å². The van der Waals surface area contributed by atoms with Crippen LogP contribution in [-0.4, -0.2) is 179 Å². The van der Waals surface area contributed by atoms with Crippen LogP contribution in [0.3, 0.4) is 0 Å². The minimum Gasteiger partial charge on any atom is -0.460 e. The molecule has 0 radical (unpaired) electrons. The summed E-state index contributed by atoms with van der Waals surface area (Å²) in [6, 6.07) is 16.8. The number of ether oxygens (including phenoxy) is 5. The summed E-state index contributed by atoms with van der Waals surface area (Å²) >= 11 is 0. The molecule has 0 spiro atoms. The van der Waals surface area contributed by atoms with Crippen LogP contribution in [0, 0.1) is 0 Å². The first-order valence-electron chi connectivity index (χ1n) is 25.8. The highest BCUT2D eigenvalue weighted by Gasteiger charge is 2.55. The SMILES string of the molecule is CC(C)(C)OC(=O)CCC(CCC(=O)OC(C)(C)C)(CCC(=O)OC(C)(C)C)N1C(=O)C(NCCN2CCN(C(=O)OCc3ccccc3)CC2)C(NCCN2CCN(C(=O)OCc3ccccc3)CC2)C1=O. The molecule has 19 nitrogen and oxygen atoms in total. The van der Waals surface area contributed by atoms with Gasteiger partial charge >= 0.3 is 30.1 Å². The van der Waals surface area contributed by atoms with Crippen LogP contribution in [0.2, 0.25) is 0 Å². The average molecular weight is 1020 g/mol. The topological polar surface area (TPSA) is 206 Å². The van der Waals surface area contributed by atoms with Crippen molar-refractivity contribution in [2.75, 3.05) is 78.5 Å². The Balaban J connectivity index is 1.34. The van der Waals surface area contributed by atoms with Crippen molar-refractivity contribution in [2.45, 2.75) is 148 Å². The van der Waals surface area contributed by atoms with Crippen LogP contribution in [0.4, 0.5) is 9.59 Å². The number of piperazine rings is 2. The van der Waals surface area contributed by atoms with Crippen molar-refractivity contribution in [1.82, 2.24) is 35.1 Å². The van der Waals surface area contributed by atoms with Crippen LogP contribution in [0.1, 0.15) is 112 Å². The average Bonchev–Trinajstić information content (AvgIpc) is 3.56. The van der Waals surface area contributed by atoms with Crippen LogP contribution in [0.5, 0.6) is 0 Å². The highest BCUT2D eigenvalue weighted by atomic mass is 16.6. The second-order valence-electron chi connectivity index (χ2n) is 22.1. The van der Waals surface area contributed by atoms with E-state index in [1.54, 1.807) is 72.1 Å². The predicted molar refractivity (Wildman–Crippen MR) is 273 cm³/mol. The van der Waals surface area contributed by atoms with Crippen LogP contribution < -0.4 is 10.6 Å². The summed E-state index contributed by atoms with van der Waals surface area (Å²) in [4.78, 5) is 105. The van der Waals surface area contributed by atoms with Gasteiger partial charge in [0.25, 0.3) is 0 Å². The van der Waals surface area contributed by atoms with Crippen molar-refractivity contribution in [3.63, 3.8) is 0 Å². The second kappa shape index (κ2) is 26.5. The van der Waals surface area contributed by atoms with Crippen molar-refractivity contribution >= 4 is 41.9 Å². The first kappa shape index (κ1) is 58.3. The van der Waals surface area contributed by atoms with Gasteiger partial charge in [0.2, 0.25) is 11.8 Å². The lowest BCUT2D eigenvalue weighted by molar-refractivity contribution is -0.162. The number of carbonyl (C=O) groups is 7. The van der Waals surface area contributed by atoms with Crippen molar-refractivity contribution in [3.8, 4) is 0 Å². The molecule has 3 saturated heterocycles. The van der Waals surface area contributed by atoms with Crippen molar-refractivity contribution in [2.24, 2.45) is 0 Å². The molecule has 2 atom stereocenters. The molecule has 2 N–H and O–H groups in total. The Morgan fingerprint density at radius 1 is 0.493 bits per heavy atom. The maximum Gasteiger partial charge on any atom is 0.410 e. The molecule has 0 aromatic heterocycles. The fourth-order valence-electron chi connectivity index (χ4n) is 9.13. The lowest BCUT2D eigenvalue weighted by Gasteiger charge is -2.41. The monoisotopic (exact) mass is 1020 g/mol. The zero-order valence-corrected chi connectivity index (χ0v) is 44.7. The predicted octanol–water partition coefficient (Wildman–Crippen LogP) is 5.28. The fraction of sp³-hybridized carbons (Fsp3) is 0.648. The van der Waals surface area contributed by atoms with Crippen molar-refractivity contribution < 1.29 is 57.2 Å². The van der Waals surface area contributed by atoms with Gasteiger partial charge in [-0.1, -0.05) is 60.7 Å². The van der Waals surface area contributed by atoms with Crippen LogP contribution in [0.25, 0.3) is 0 Å². The molecular weight excluding hydrogens is 939 g/mol. The molecule has 0 saturated carbocycles. The molecule has 3 aliphatic rings. The van der Waals surface area contributed by atoms with E-state index in [0.29, 0.717) is 78.5 Å². The normalized spacial score (nSPS) is 18.4. The first-order chi connectivity index (χ1) is 34.4. The van der Waals surface area contributed by atoms with E-state index in [0.717, 1.165) is 11.1 Å². The number of esters is 3. The molecule has 5 rings (SSSR count). The molecule has 2 unspecified atom stereocenters. The largest absolute Gasteiger partial charge is 0.460 e. The molecule has 4 amide bonds. The Morgan fingerprint density at radius 2 is 0.808 bits per heavy atom. The Hall–Kier alpha value is -5.63. The lowest BCUT2D eigenvalue weighted by Crippen LogP contribution is -2.55. The molecule has 19 heteroatoms. The number of amides is 4. The number of rotatable bonds is 22. The van der Waals surface area contributed by atoms with E-state index in [9.17, 15) is 24.0 Å². The number of carbonyl (C=O) groups excluding carboxylic acids is 7. The molecule has 0 aliphatic carbocycles. The maximum atomic E-state index is 15.2. The van der Waals surface area contributed by atoms with Gasteiger partial charge in [0, 0.05) is 97.8 Å². The van der Waals surface area contributed by atoms with Crippen LogP contribution >= 0.6 is 0 Å². The number of imide groups is 1. The number of likely N-dealkylation sites (tertiary alicyclic amines) is 1. The zero-order chi connectivity index (χ0) is 53.4. The molecule has 73 heavy (non-hydrogen) atoms. The van der Waals surface area contributed by atoms with Gasteiger partial charge in [-0.25, -0.2) is 9.59 Å². The van der Waals surface area contributed by atoms with E-state index in [1.807, 2.05) is 60.7 Å². The van der Waals surface area contributed by atoms with Crippen molar-refractivity contribution in [3.05, 3.63) is 71.8 Å². The molecule has 3 heterocycles. The fourth-order valence-corrected chi connectivity index (χ4v) is 9.13. The molecule has 2 aromatic carbocycles. The van der Waals surface area contributed by atoms with E-state index in [2.05, 4.69) is 20.4 Å². The van der Waals surface area contributed by atoms with E-state index in [1.165, 1.54) is 4.90 Å². The van der Waals surface area contributed by atoms with Gasteiger partial charge in [-0.3, -0.25) is 38.7 Å². The summed E-state index contributed by atoms with van der Waals surface area (Å²) in [6.45, 7) is 21.7. The van der Waals surface area contributed by atoms with E-state index >= 15 is 9.59 Å². The third kappa shape index (κ3) is 19.3. The van der Waals surface area contributed by atoms with Crippen LogP contribution in [-0.2, 0) is 60.9 Å². The van der Waals surface area contributed by atoms with Gasteiger partial charge in [0.05, 0.1) is 5.54 Å². The summed E-state index contributed by atoms with van der Waals surface area (Å²) in [7, 11) is 0. The number of hydrogen-bond acceptors (Lipinski definition) is 16. The van der Waals surface area contributed by atoms with E-state index in [4.69, 9.17) is 23.7 Å². The van der Waals surface area contributed by atoms with Crippen molar-refractivity contribution in [1.29, 1.82) is 0 Å². The van der Waals surface area contributed by atoms with Gasteiger partial charge in [-0.2, -0.15) is 0 Å². The van der Waals surface area contributed by atoms with Crippen LogP contribution in [0.15, 0.2) is 60.7 Å². The third-order valence-corrected chi connectivity index (χ3v) is 12.7. The summed E-state index contributed by atoms with van der Waals surface area (Å²) in [5.41, 5.74) is -2.21. The smallest absolute Gasteiger partial charge is 0.410 e. The summed E-state index contributed by atoms with van der Waals surface area (Å²) in [6.07, 6.45) is -1.72. The maximum absolute atomic E-state index is 15.2. The van der Waals surface area contributed by atoms with E-state index in [-0.39, 0.29) is 63.9 Å². The van der Waals surface area contributed by atoms with Gasteiger partial charge in [0.15, 0.2) is 0 Å². The van der Waals surface area contributed by atoms with Gasteiger partial charge in [-0.15, -0.1) is 0 Å². The second-order valence-corrected chi connectivity index (χ2v) is 22.1. The Labute approximate surface area is 431 Å². The van der Waals surface area contributed by atoms with E-state index < -0.39 is 64.1 Å². The number of nitrogens with one attached hydrogen (secondary N) is 2. The standard InChI is InChI=1S/C54H81N7O12/c1-51(2,3)71-42(62)20-23-54(24-21-43(63)72-52(4,5)6,25-22-44(64)73-53(7,8)9)61-47(65)45(55-26-28-57-30-34-59(35-31-57)49(67)69-38-40-16-12-10-13-17-40)46(48(61)66)56-27-29-58-32-36-60(37-33-58)50(68)70-39-41-18-14-11-15-19-41/h10-19,45-46,55-56H,20-39H2,1-9H3. The summed E-state index contributed by atoms with van der Waals surface area (Å²) < 4.78 is 28.2. The Bertz CT molecular complexity index is 1960. The number of nitrogens with zero attached hydrogens (tertiary/aromatic N) is 5. The quantitative estimate of drug-likeness (QED) is 0.0874. The minimum atomic E-state index is -1.52. The summed E-state index contributed by atoms with van der Waals surface area (Å²) in [5.74, 6) is -2.82. The van der Waals surface area contributed by atoms with Gasteiger partial charge < -0.3 is 44.1 Å². The molecule has 0 bridgehead atoms. The molecule has 404 valence electrons. The first-order valence-corrected chi connectivity index (χ1v) is 25.8. The highest BCUT2D eigenvalue weighted by Crippen LogP contribution is 2.38. The highest BCUT2D eigenvalue weighted by molar-refractivity contribution is 6.10.